The smallest absolute Gasteiger partial charge is 0.226 e. The largest absolute Gasteiger partial charge is 0.367 e. The van der Waals surface area contributed by atoms with Gasteiger partial charge in [-0.15, -0.1) is 0 Å². The van der Waals surface area contributed by atoms with Crippen molar-refractivity contribution in [2.24, 2.45) is 5.92 Å². The van der Waals surface area contributed by atoms with Crippen LogP contribution in [0.4, 0.5) is 5.88 Å². The molecule has 1 fully saturated rings. The number of nitrogens with two attached hydrogens (primary N) is 1. The van der Waals surface area contributed by atoms with Crippen LogP contribution in [0, 0.1) is 5.92 Å². The number of benzene rings is 1. The molecule has 0 saturated heterocycles. The number of nitrogens with zero attached hydrogens (tertiary/aromatic N) is 1. The maximum Gasteiger partial charge on any atom is 0.226 e. The van der Waals surface area contributed by atoms with Crippen molar-refractivity contribution in [2.75, 3.05) is 5.73 Å². The predicted octanol–water partition coefficient (Wildman–Crippen LogP) is 3.68. The number of fused-ring (bicyclic) bond motifs is 1. The lowest BCUT2D eigenvalue weighted by atomic mass is 9.81. The van der Waals surface area contributed by atoms with E-state index in [1.54, 1.807) is 0 Å². The second-order valence-corrected chi connectivity index (χ2v) is 6.24. The van der Waals surface area contributed by atoms with Crippen molar-refractivity contribution in [1.82, 2.24) is 5.16 Å². The van der Waals surface area contributed by atoms with E-state index in [4.69, 9.17) is 10.3 Å². The van der Waals surface area contributed by atoms with Crippen LogP contribution in [-0.2, 0) is 12.8 Å². The monoisotopic (exact) mass is 268 g/mol. The van der Waals surface area contributed by atoms with Crippen molar-refractivity contribution in [2.45, 2.75) is 44.4 Å². The minimum Gasteiger partial charge on any atom is -0.367 e. The molecule has 2 aliphatic carbocycles. The predicted molar refractivity (Wildman–Crippen MR) is 78.6 cm³/mol. The minimum atomic E-state index is 0.361. The number of rotatable bonds is 3. The van der Waals surface area contributed by atoms with Gasteiger partial charge in [-0.1, -0.05) is 29.4 Å². The molecule has 0 radical (unpaired) electrons. The molecule has 3 nitrogen and oxygen atoms in total. The molecular formula is C17H20N2O. The Kier molecular flexibility index (Phi) is 2.79. The van der Waals surface area contributed by atoms with Crippen LogP contribution in [0.25, 0.3) is 0 Å². The summed E-state index contributed by atoms with van der Waals surface area (Å²) in [6.07, 6.45) is 7.35. The lowest BCUT2D eigenvalue weighted by Gasteiger charge is -2.22. The SMILES string of the molecule is Nc1onc2c1C(c1ccc(CC3CC3)cc1)CCC2. The molecule has 2 aliphatic rings. The maximum absolute atomic E-state index is 5.96. The van der Waals surface area contributed by atoms with Crippen LogP contribution in [0.15, 0.2) is 28.8 Å². The van der Waals surface area contributed by atoms with E-state index < -0.39 is 0 Å². The number of aryl methyl sites for hydroxylation is 1. The summed E-state index contributed by atoms with van der Waals surface area (Å²) in [5, 5.41) is 4.10. The fourth-order valence-corrected chi connectivity index (χ4v) is 3.39. The highest BCUT2D eigenvalue weighted by Gasteiger charge is 2.28. The number of nitrogen functional groups attached to an aromatic ring is 1. The summed E-state index contributed by atoms with van der Waals surface area (Å²) in [5.74, 6) is 1.81. The zero-order valence-corrected chi connectivity index (χ0v) is 11.6. The van der Waals surface area contributed by atoms with Crippen LogP contribution >= 0.6 is 0 Å². The van der Waals surface area contributed by atoms with E-state index in [2.05, 4.69) is 29.4 Å². The number of hydrogen-bond donors (Lipinski definition) is 1. The van der Waals surface area contributed by atoms with Crippen LogP contribution in [0.5, 0.6) is 0 Å². The van der Waals surface area contributed by atoms with E-state index in [0.29, 0.717) is 11.8 Å². The molecular weight excluding hydrogens is 248 g/mol. The van der Waals surface area contributed by atoms with Crippen molar-refractivity contribution in [3.63, 3.8) is 0 Å². The fourth-order valence-electron chi connectivity index (χ4n) is 3.39. The van der Waals surface area contributed by atoms with Gasteiger partial charge in [0.15, 0.2) is 0 Å². The molecule has 1 atom stereocenters. The van der Waals surface area contributed by atoms with Crippen LogP contribution in [0.3, 0.4) is 0 Å². The summed E-state index contributed by atoms with van der Waals surface area (Å²) >= 11 is 0. The molecule has 104 valence electrons. The summed E-state index contributed by atoms with van der Waals surface area (Å²) in [6, 6.07) is 9.10. The van der Waals surface area contributed by atoms with E-state index in [-0.39, 0.29) is 0 Å². The topological polar surface area (TPSA) is 52.0 Å². The first-order chi connectivity index (χ1) is 9.81. The van der Waals surface area contributed by atoms with Crippen LogP contribution in [-0.4, -0.2) is 5.16 Å². The van der Waals surface area contributed by atoms with Gasteiger partial charge in [0.05, 0.1) is 5.69 Å². The van der Waals surface area contributed by atoms with Gasteiger partial charge in [0.1, 0.15) is 0 Å². The molecule has 0 aliphatic heterocycles. The minimum absolute atomic E-state index is 0.361. The summed E-state index contributed by atoms with van der Waals surface area (Å²) < 4.78 is 5.18. The van der Waals surface area contributed by atoms with Gasteiger partial charge in [0, 0.05) is 11.5 Å². The van der Waals surface area contributed by atoms with Crippen molar-refractivity contribution < 1.29 is 4.52 Å². The highest BCUT2D eigenvalue weighted by Crippen LogP contribution is 2.40. The van der Waals surface area contributed by atoms with Gasteiger partial charge in [0.25, 0.3) is 0 Å². The van der Waals surface area contributed by atoms with Crippen molar-refractivity contribution in [3.05, 3.63) is 46.6 Å². The Bertz CT molecular complexity index is 610. The molecule has 2 N–H and O–H groups in total. The summed E-state index contributed by atoms with van der Waals surface area (Å²) in [6.45, 7) is 0. The molecule has 0 bridgehead atoms. The van der Waals surface area contributed by atoms with Gasteiger partial charge in [-0.3, -0.25) is 0 Å². The quantitative estimate of drug-likeness (QED) is 0.924. The van der Waals surface area contributed by atoms with Gasteiger partial charge in [-0.2, -0.15) is 0 Å². The third-order valence-electron chi connectivity index (χ3n) is 4.69. The maximum atomic E-state index is 5.96. The average Bonchev–Trinajstić information content (AvgIpc) is 3.21. The van der Waals surface area contributed by atoms with Gasteiger partial charge < -0.3 is 10.3 Å². The summed E-state index contributed by atoms with van der Waals surface area (Å²) in [7, 11) is 0. The Morgan fingerprint density at radius 2 is 1.95 bits per heavy atom. The fraction of sp³-hybridized carbons (Fsp3) is 0.471. The lowest BCUT2D eigenvalue weighted by Crippen LogP contribution is -2.11. The number of aromatic nitrogens is 1. The first kappa shape index (κ1) is 12.0. The zero-order valence-electron chi connectivity index (χ0n) is 11.6. The third-order valence-corrected chi connectivity index (χ3v) is 4.69. The van der Waals surface area contributed by atoms with Crippen molar-refractivity contribution in [1.29, 1.82) is 0 Å². The Balaban J connectivity index is 1.62. The van der Waals surface area contributed by atoms with Crippen LogP contribution in [0.2, 0.25) is 0 Å². The van der Waals surface area contributed by atoms with E-state index in [9.17, 15) is 0 Å². The first-order valence-electron chi connectivity index (χ1n) is 7.64. The van der Waals surface area contributed by atoms with E-state index >= 15 is 0 Å². The molecule has 1 aromatic heterocycles. The Hall–Kier alpha value is -1.77. The molecule has 1 saturated carbocycles. The molecule has 1 aromatic carbocycles. The van der Waals surface area contributed by atoms with Gasteiger partial charge in [0.2, 0.25) is 5.88 Å². The summed E-state index contributed by atoms with van der Waals surface area (Å²) in [5.41, 5.74) is 11.0. The Morgan fingerprint density at radius 3 is 2.70 bits per heavy atom. The Morgan fingerprint density at radius 1 is 1.15 bits per heavy atom. The molecule has 0 amide bonds. The number of anilines is 1. The highest BCUT2D eigenvalue weighted by molar-refractivity contribution is 5.48. The van der Waals surface area contributed by atoms with Crippen LogP contribution in [0.1, 0.15) is 54.0 Å². The second kappa shape index (κ2) is 4.65. The van der Waals surface area contributed by atoms with E-state index in [1.165, 1.54) is 30.4 Å². The average molecular weight is 268 g/mol. The van der Waals surface area contributed by atoms with Gasteiger partial charge in [-0.05, 0) is 55.6 Å². The summed E-state index contributed by atoms with van der Waals surface area (Å²) in [4.78, 5) is 0. The first-order valence-corrected chi connectivity index (χ1v) is 7.64. The second-order valence-electron chi connectivity index (χ2n) is 6.24. The molecule has 20 heavy (non-hydrogen) atoms. The zero-order chi connectivity index (χ0) is 13.5. The third kappa shape index (κ3) is 2.11. The van der Waals surface area contributed by atoms with E-state index in [1.807, 2.05) is 0 Å². The number of hydrogen-bond acceptors (Lipinski definition) is 3. The molecule has 1 heterocycles. The normalized spacial score (nSPS) is 21.7. The standard InChI is InChI=1S/C17H20N2O/c18-17-16-14(2-1-3-15(16)19-20-17)13-8-6-12(7-9-13)10-11-4-5-11/h6-9,11,14H,1-5,10,18H2. The highest BCUT2D eigenvalue weighted by atomic mass is 16.5. The molecule has 4 rings (SSSR count). The Labute approximate surface area is 119 Å². The molecule has 3 heteroatoms. The van der Waals surface area contributed by atoms with E-state index in [0.717, 1.165) is 36.4 Å². The lowest BCUT2D eigenvalue weighted by molar-refractivity contribution is 0.427. The van der Waals surface area contributed by atoms with Gasteiger partial charge >= 0.3 is 0 Å². The van der Waals surface area contributed by atoms with Crippen LogP contribution < -0.4 is 5.73 Å². The van der Waals surface area contributed by atoms with Crippen molar-refractivity contribution in [3.8, 4) is 0 Å². The van der Waals surface area contributed by atoms with Crippen molar-refractivity contribution >= 4 is 5.88 Å². The van der Waals surface area contributed by atoms with Gasteiger partial charge in [-0.25, -0.2) is 0 Å². The molecule has 0 spiro atoms. The molecule has 2 aromatic rings. The molecule has 1 unspecified atom stereocenters.